The molecule has 0 spiro atoms. The molecule has 1 aromatic carbocycles. The normalized spacial score (nSPS) is 13.7. The maximum absolute atomic E-state index is 11.5. The van der Waals surface area contributed by atoms with Crippen molar-refractivity contribution in [2.75, 3.05) is 14.2 Å². The molecule has 0 radical (unpaired) electrons. The number of aryl methyl sites for hydroxylation is 2. The van der Waals surface area contributed by atoms with Gasteiger partial charge in [-0.3, -0.25) is 4.79 Å². The highest BCUT2D eigenvalue weighted by atomic mass is 16.5. The van der Waals surface area contributed by atoms with Crippen molar-refractivity contribution in [3.05, 3.63) is 29.3 Å². The molecule has 0 fully saturated rings. The van der Waals surface area contributed by atoms with E-state index in [1.165, 1.54) is 25.2 Å². The first kappa shape index (κ1) is 22.0. The van der Waals surface area contributed by atoms with E-state index in [0.29, 0.717) is 0 Å². The SMILES string of the molecule is CCC(C)C(C)(NC(C)=O)C(=O)OC.COc1ccc(C)cc1C. The Morgan fingerprint density at radius 3 is 2.21 bits per heavy atom. The van der Waals surface area contributed by atoms with Crippen LogP contribution in [0.5, 0.6) is 5.75 Å². The van der Waals surface area contributed by atoms with Crippen molar-refractivity contribution in [3.8, 4) is 5.75 Å². The number of rotatable bonds is 5. The van der Waals surface area contributed by atoms with Crippen LogP contribution in [-0.2, 0) is 14.3 Å². The van der Waals surface area contributed by atoms with E-state index >= 15 is 0 Å². The van der Waals surface area contributed by atoms with E-state index in [1.807, 2.05) is 32.9 Å². The van der Waals surface area contributed by atoms with Gasteiger partial charge in [-0.15, -0.1) is 0 Å². The summed E-state index contributed by atoms with van der Waals surface area (Å²) in [5.74, 6) is 0.379. The van der Waals surface area contributed by atoms with Gasteiger partial charge in [-0.05, 0) is 38.3 Å². The molecule has 0 heterocycles. The molecule has 0 bridgehead atoms. The fourth-order valence-corrected chi connectivity index (χ4v) is 2.39. The highest BCUT2D eigenvalue weighted by molar-refractivity contribution is 5.87. The molecule has 0 saturated carbocycles. The van der Waals surface area contributed by atoms with Crippen LogP contribution in [0.1, 0.15) is 45.2 Å². The van der Waals surface area contributed by atoms with Gasteiger partial charge in [0, 0.05) is 6.92 Å². The molecule has 24 heavy (non-hydrogen) atoms. The summed E-state index contributed by atoms with van der Waals surface area (Å²) in [5, 5.41) is 2.64. The van der Waals surface area contributed by atoms with E-state index in [0.717, 1.165) is 12.2 Å². The summed E-state index contributed by atoms with van der Waals surface area (Å²) in [4.78, 5) is 22.5. The molecule has 0 aliphatic heterocycles. The largest absolute Gasteiger partial charge is 0.496 e. The summed E-state index contributed by atoms with van der Waals surface area (Å²) >= 11 is 0. The number of esters is 1. The fraction of sp³-hybridized carbons (Fsp3) is 0.579. The summed E-state index contributed by atoms with van der Waals surface area (Å²) in [7, 11) is 3.02. The maximum Gasteiger partial charge on any atom is 0.331 e. The topological polar surface area (TPSA) is 64.6 Å². The van der Waals surface area contributed by atoms with Crippen molar-refractivity contribution in [1.29, 1.82) is 0 Å². The second kappa shape index (κ2) is 9.96. The molecule has 136 valence electrons. The summed E-state index contributed by atoms with van der Waals surface area (Å²) in [6, 6.07) is 6.15. The lowest BCUT2D eigenvalue weighted by Gasteiger charge is -2.32. The highest BCUT2D eigenvalue weighted by Crippen LogP contribution is 2.21. The molecular weight excluding hydrogens is 306 g/mol. The Morgan fingerprint density at radius 1 is 1.25 bits per heavy atom. The molecule has 5 heteroatoms. The van der Waals surface area contributed by atoms with Crippen molar-refractivity contribution in [3.63, 3.8) is 0 Å². The number of nitrogens with one attached hydrogen (secondary N) is 1. The second-order valence-corrected chi connectivity index (χ2v) is 6.16. The van der Waals surface area contributed by atoms with Crippen LogP contribution in [0.4, 0.5) is 0 Å². The van der Waals surface area contributed by atoms with Gasteiger partial charge in [0.2, 0.25) is 5.91 Å². The molecule has 1 rings (SSSR count). The van der Waals surface area contributed by atoms with E-state index in [1.54, 1.807) is 14.0 Å². The lowest BCUT2D eigenvalue weighted by molar-refractivity contribution is -0.152. The van der Waals surface area contributed by atoms with E-state index < -0.39 is 11.5 Å². The number of ether oxygens (including phenoxy) is 2. The van der Waals surface area contributed by atoms with Crippen LogP contribution in [0, 0.1) is 19.8 Å². The zero-order valence-corrected chi connectivity index (χ0v) is 16.1. The van der Waals surface area contributed by atoms with Crippen LogP contribution in [0.15, 0.2) is 18.2 Å². The minimum atomic E-state index is -0.921. The van der Waals surface area contributed by atoms with Crippen LogP contribution >= 0.6 is 0 Å². The van der Waals surface area contributed by atoms with E-state index in [2.05, 4.69) is 23.0 Å². The molecule has 2 unspecified atom stereocenters. The monoisotopic (exact) mass is 337 g/mol. The van der Waals surface area contributed by atoms with Gasteiger partial charge in [-0.25, -0.2) is 4.79 Å². The van der Waals surface area contributed by atoms with Gasteiger partial charge in [0.1, 0.15) is 11.3 Å². The average Bonchev–Trinajstić information content (AvgIpc) is 2.53. The Labute approximate surface area is 145 Å². The quantitative estimate of drug-likeness (QED) is 0.836. The minimum Gasteiger partial charge on any atom is -0.496 e. The summed E-state index contributed by atoms with van der Waals surface area (Å²) in [5.41, 5.74) is 1.55. The second-order valence-electron chi connectivity index (χ2n) is 6.16. The smallest absolute Gasteiger partial charge is 0.331 e. The Kier molecular flexibility index (Phi) is 9.11. The van der Waals surface area contributed by atoms with Gasteiger partial charge < -0.3 is 14.8 Å². The zero-order chi connectivity index (χ0) is 18.9. The van der Waals surface area contributed by atoms with E-state index in [4.69, 9.17) is 4.74 Å². The van der Waals surface area contributed by atoms with Crippen molar-refractivity contribution in [2.24, 2.45) is 5.92 Å². The Morgan fingerprint density at radius 2 is 1.83 bits per heavy atom. The third-order valence-electron chi connectivity index (χ3n) is 4.19. The van der Waals surface area contributed by atoms with Crippen LogP contribution < -0.4 is 10.1 Å². The lowest BCUT2D eigenvalue weighted by Crippen LogP contribution is -2.56. The number of carbonyl (C=O) groups is 2. The molecule has 5 nitrogen and oxygen atoms in total. The zero-order valence-electron chi connectivity index (χ0n) is 16.1. The summed E-state index contributed by atoms with van der Waals surface area (Å²) in [6.07, 6.45) is 0.798. The number of hydrogen-bond donors (Lipinski definition) is 1. The number of benzene rings is 1. The van der Waals surface area contributed by atoms with E-state index in [9.17, 15) is 9.59 Å². The molecule has 0 aliphatic rings. The number of carbonyl (C=O) groups excluding carboxylic acids is 2. The van der Waals surface area contributed by atoms with Gasteiger partial charge in [0.05, 0.1) is 14.2 Å². The standard InChI is InChI=1S/C10H19NO3.C9H12O/c1-6-7(2)10(4,9(13)14-5)11-8(3)12;1-7-4-5-9(10-3)8(2)6-7/h7H,6H2,1-5H3,(H,11,12);4-6H,1-3H3. The molecule has 0 aliphatic carbocycles. The van der Waals surface area contributed by atoms with Gasteiger partial charge in [-0.2, -0.15) is 0 Å². The van der Waals surface area contributed by atoms with Gasteiger partial charge >= 0.3 is 5.97 Å². The van der Waals surface area contributed by atoms with Crippen molar-refractivity contribution < 1.29 is 19.1 Å². The van der Waals surface area contributed by atoms with Crippen molar-refractivity contribution >= 4 is 11.9 Å². The van der Waals surface area contributed by atoms with E-state index in [-0.39, 0.29) is 11.8 Å². The predicted octanol–water partition coefficient (Wildman–Crippen LogP) is 3.41. The Hall–Kier alpha value is -2.04. The highest BCUT2D eigenvalue weighted by Gasteiger charge is 2.39. The van der Waals surface area contributed by atoms with Crippen LogP contribution in [-0.4, -0.2) is 31.6 Å². The number of amides is 1. The maximum atomic E-state index is 11.5. The van der Waals surface area contributed by atoms with Gasteiger partial charge in [0.25, 0.3) is 0 Å². The first-order valence-electron chi connectivity index (χ1n) is 8.10. The minimum absolute atomic E-state index is 0.0406. The molecule has 1 aromatic rings. The summed E-state index contributed by atoms with van der Waals surface area (Å²) < 4.78 is 9.79. The van der Waals surface area contributed by atoms with Gasteiger partial charge in [0.15, 0.2) is 0 Å². The third kappa shape index (κ3) is 6.22. The number of methoxy groups -OCH3 is 2. The molecule has 2 atom stereocenters. The third-order valence-corrected chi connectivity index (χ3v) is 4.19. The molecule has 1 N–H and O–H groups in total. The van der Waals surface area contributed by atoms with Crippen LogP contribution in [0.25, 0.3) is 0 Å². The molecule has 0 aromatic heterocycles. The number of hydrogen-bond acceptors (Lipinski definition) is 4. The average molecular weight is 337 g/mol. The van der Waals surface area contributed by atoms with Crippen LogP contribution in [0.3, 0.4) is 0 Å². The fourth-order valence-electron chi connectivity index (χ4n) is 2.39. The molecule has 0 saturated heterocycles. The Balaban J connectivity index is 0.000000463. The molecular formula is C19H31NO4. The van der Waals surface area contributed by atoms with Crippen LogP contribution in [0.2, 0.25) is 0 Å². The van der Waals surface area contributed by atoms with Crippen molar-refractivity contribution in [2.45, 2.75) is 53.5 Å². The first-order valence-corrected chi connectivity index (χ1v) is 8.10. The summed E-state index contributed by atoms with van der Waals surface area (Å²) in [6.45, 7) is 11.1. The lowest BCUT2D eigenvalue weighted by atomic mass is 9.85. The predicted molar refractivity (Wildman–Crippen MR) is 96.2 cm³/mol. The first-order chi connectivity index (χ1) is 11.1. The Bertz CT molecular complexity index is 556. The van der Waals surface area contributed by atoms with Crippen molar-refractivity contribution in [1.82, 2.24) is 5.32 Å². The van der Waals surface area contributed by atoms with Gasteiger partial charge in [-0.1, -0.05) is 38.0 Å². The molecule has 1 amide bonds.